The first kappa shape index (κ1) is 15.1. The molecule has 3 rings (SSSR count). The standard InChI is InChI=1S/C18H17NO4/c1-18(2)11-14(15-6-4-5-9-19(15)21)13-10-12(17(20)22-3)7-8-16(13)23-18/h4-11H,1-3H3. The van der Waals surface area contributed by atoms with E-state index in [9.17, 15) is 10.0 Å². The maximum Gasteiger partial charge on any atom is 0.337 e. The number of rotatable bonds is 2. The van der Waals surface area contributed by atoms with Crippen molar-refractivity contribution in [3.05, 3.63) is 70.7 Å². The van der Waals surface area contributed by atoms with Crippen LogP contribution in [0.4, 0.5) is 0 Å². The first-order chi connectivity index (χ1) is 10.9. The van der Waals surface area contributed by atoms with Gasteiger partial charge in [0.25, 0.3) is 0 Å². The van der Waals surface area contributed by atoms with Gasteiger partial charge in [0.15, 0.2) is 6.20 Å². The Labute approximate surface area is 134 Å². The van der Waals surface area contributed by atoms with E-state index >= 15 is 0 Å². The maximum absolute atomic E-state index is 12.2. The molecule has 1 aromatic carbocycles. The average molecular weight is 311 g/mol. The van der Waals surface area contributed by atoms with Crippen LogP contribution in [-0.2, 0) is 4.74 Å². The van der Waals surface area contributed by atoms with Crippen LogP contribution in [0.1, 0.15) is 35.5 Å². The predicted octanol–water partition coefficient (Wildman–Crippen LogP) is 2.71. The van der Waals surface area contributed by atoms with E-state index in [-0.39, 0.29) is 0 Å². The van der Waals surface area contributed by atoms with Gasteiger partial charge in [-0.3, -0.25) is 0 Å². The molecule has 0 radical (unpaired) electrons. The Balaban J connectivity index is 2.21. The lowest BCUT2D eigenvalue weighted by atomic mass is 9.91. The van der Waals surface area contributed by atoms with Gasteiger partial charge in [-0.1, -0.05) is 0 Å². The third kappa shape index (κ3) is 2.77. The SMILES string of the molecule is COC(=O)c1ccc2c(c1)C(c1cccc[n+]1[O-])=CC(C)(C)O2. The number of fused-ring (bicyclic) bond motifs is 1. The predicted molar refractivity (Wildman–Crippen MR) is 85.0 cm³/mol. The number of benzene rings is 1. The Hall–Kier alpha value is -2.82. The van der Waals surface area contributed by atoms with Gasteiger partial charge in [-0.2, -0.15) is 4.73 Å². The molecule has 0 amide bonds. The molecule has 1 aromatic heterocycles. The molecule has 0 aliphatic carbocycles. The molecule has 0 spiro atoms. The Morgan fingerprint density at radius 3 is 2.74 bits per heavy atom. The third-order valence-corrected chi connectivity index (χ3v) is 3.66. The number of hydrogen-bond acceptors (Lipinski definition) is 4. The minimum Gasteiger partial charge on any atom is -0.618 e. The molecule has 0 fully saturated rings. The Kier molecular flexibility index (Phi) is 3.56. The van der Waals surface area contributed by atoms with Crippen LogP contribution in [-0.4, -0.2) is 18.7 Å². The zero-order valence-electron chi connectivity index (χ0n) is 13.2. The average Bonchev–Trinajstić information content (AvgIpc) is 2.52. The molecule has 1 aliphatic rings. The second-order valence-electron chi connectivity index (χ2n) is 5.88. The van der Waals surface area contributed by atoms with Gasteiger partial charge in [-0.15, -0.1) is 0 Å². The third-order valence-electron chi connectivity index (χ3n) is 3.66. The van der Waals surface area contributed by atoms with Gasteiger partial charge in [0, 0.05) is 17.7 Å². The number of pyridine rings is 1. The lowest BCUT2D eigenvalue weighted by Crippen LogP contribution is -2.34. The fourth-order valence-electron chi connectivity index (χ4n) is 2.66. The maximum atomic E-state index is 12.2. The first-order valence-corrected chi connectivity index (χ1v) is 7.24. The normalized spacial score (nSPS) is 15.2. The van der Waals surface area contributed by atoms with Crippen molar-refractivity contribution in [2.45, 2.75) is 19.4 Å². The molecule has 0 saturated heterocycles. The van der Waals surface area contributed by atoms with Crippen LogP contribution in [0.25, 0.3) is 5.57 Å². The zero-order chi connectivity index (χ0) is 16.6. The summed E-state index contributed by atoms with van der Waals surface area (Å²) in [4.78, 5) is 11.8. The molecule has 0 atom stereocenters. The van der Waals surface area contributed by atoms with Crippen molar-refractivity contribution < 1.29 is 19.0 Å². The summed E-state index contributed by atoms with van der Waals surface area (Å²) >= 11 is 0. The van der Waals surface area contributed by atoms with Gasteiger partial charge < -0.3 is 14.7 Å². The molecule has 5 nitrogen and oxygen atoms in total. The van der Waals surface area contributed by atoms with Gasteiger partial charge in [0.05, 0.1) is 18.2 Å². The molecule has 1 aliphatic heterocycles. The second kappa shape index (κ2) is 5.43. The molecular weight excluding hydrogens is 294 g/mol. The fraction of sp³-hybridized carbons (Fsp3) is 0.222. The number of carbonyl (C=O) groups excluding carboxylic acids is 1. The van der Waals surface area contributed by atoms with Crippen molar-refractivity contribution in [2.24, 2.45) is 0 Å². The van der Waals surface area contributed by atoms with E-state index in [2.05, 4.69) is 0 Å². The van der Waals surface area contributed by atoms with Gasteiger partial charge >= 0.3 is 5.97 Å². The highest BCUT2D eigenvalue weighted by Crippen LogP contribution is 2.39. The van der Waals surface area contributed by atoms with Gasteiger partial charge in [0.2, 0.25) is 5.69 Å². The quantitative estimate of drug-likeness (QED) is 0.486. The van der Waals surface area contributed by atoms with E-state index in [0.29, 0.717) is 22.6 Å². The molecular formula is C18H17NO4. The lowest BCUT2D eigenvalue weighted by Gasteiger charge is -2.30. The molecule has 118 valence electrons. The number of aromatic nitrogens is 1. The van der Waals surface area contributed by atoms with E-state index in [4.69, 9.17) is 9.47 Å². The summed E-state index contributed by atoms with van der Waals surface area (Å²) in [6, 6.07) is 10.3. The Bertz CT molecular complexity index is 808. The van der Waals surface area contributed by atoms with Crippen molar-refractivity contribution in [3.63, 3.8) is 0 Å². The Morgan fingerprint density at radius 1 is 1.26 bits per heavy atom. The highest BCUT2D eigenvalue weighted by Gasteiger charge is 2.30. The van der Waals surface area contributed by atoms with Crippen molar-refractivity contribution in [2.75, 3.05) is 7.11 Å². The van der Waals surface area contributed by atoms with Crippen LogP contribution in [0.15, 0.2) is 48.7 Å². The van der Waals surface area contributed by atoms with E-state index in [0.717, 1.165) is 10.3 Å². The Morgan fingerprint density at radius 2 is 2.04 bits per heavy atom. The summed E-state index contributed by atoms with van der Waals surface area (Å²) in [5.74, 6) is 0.198. The zero-order valence-corrected chi connectivity index (χ0v) is 13.2. The highest BCUT2D eigenvalue weighted by molar-refractivity contribution is 5.92. The van der Waals surface area contributed by atoms with E-state index < -0.39 is 11.6 Å². The monoisotopic (exact) mass is 311 g/mol. The molecule has 0 unspecified atom stereocenters. The number of nitrogens with zero attached hydrogens (tertiary/aromatic N) is 1. The molecule has 23 heavy (non-hydrogen) atoms. The molecule has 2 aromatic rings. The molecule has 0 N–H and O–H groups in total. The van der Waals surface area contributed by atoms with Crippen LogP contribution in [0, 0.1) is 5.21 Å². The number of carbonyl (C=O) groups is 1. The molecule has 5 heteroatoms. The van der Waals surface area contributed by atoms with Crippen molar-refractivity contribution >= 4 is 11.5 Å². The minimum atomic E-state index is -0.558. The van der Waals surface area contributed by atoms with Crippen LogP contribution in [0.3, 0.4) is 0 Å². The van der Waals surface area contributed by atoms with E-state index in [1.54, 1.807) is 36.4 Å². The number of methoxy groups -OCH3 is 1. The van der Waals surface area contributed by atoms with Gasteiger partial charge in [-0.25, -0.2) is 4.79 Å². The van der Waals surface area contributed by atoms with Crippen LogP contribution in [0.5, 0.6) is 5.75 Å². The minimum absolute atomic E-state index is 0.411. The van der Waals surface area contributed by atoms with Crippen molar-refractivity contribution in [3.8, 4) is 5.75 Å². The smallest absolute Gasteiger partial charge is 0.337 e. The number of ether oxygens (including phenoxy) is 2. The van der Waals surface area contributed by atoms with Gasteiger partial charge in [-0.05, 0) is 44.2 Å². The highest BCUT2D eigenvalue weighted by atomic mass is 16.5. The summed E-state index contributed by atoms with van der Waals surface area (Å²) in [6.45, 7) is 3.84. The summed E-state index contributed by atoms with van der Waals surface area (Å²) in [7, 11) is 1.33. The lowest BCUT2D eigenvalue weighted by molar-refractivity contribution is -0.608. The second-order valence-corrected chi connectivity index (χ2v) is 5.88. The number of esters is 1. The van der Waals surface area contributed by atoms with Crippen molar-refractivity contribution in [1.82, 2.24) is 0 Å². The summed E-state index contributed by atoms with van der Waals surface area (Å²) < 4.78 is 11.5. The molecule has 2 heterocycles. The summed E-state index contributed by atoms with van der Waals surface area (Å²) in [5.41, 5.74) is 1.79. The van der Waals surface area contributed by atoms with Crippen LogP contribution in [0.2, 0.25) is 0 Å². The largest absolute Gasteiger partial charge is 0.618 e. The van der Waals surface area contributed by atoms with Crippen molar-refractivity contribution in [1.29, 1.82) is 0 Å². The van der Waals surface area contributed by atoms with Crippen LogP contribution < -0.4 is 9.47 Å². The fourth-order valence-corrected chi connectivity index (χ4v) is 2.66. The van der Waals surface area contributed by atoms with E-state index in [1.165, 1.54) is 13.3 Å². The first-order valence-electron chi connectivity index (χ1n) is 7.24. The topological polar surface area (TPSA) is 62.5 Å². The summed E-state index contributed by atoms with van der Waals surface area (Å²) in [5, 5.41) is 12.2. The summed E-state index contributed by atoms with van der Waals surface area (Å²) in [6.07, 6.45) is 3.34. The van der Waals surface area contributed by atoms with Gasteiger partial charge in [0.1, 0.15) is 11.4 Å². The van der Waals surface area contributed by atoms with Crippen LogP contribution >= 0.6 is 0 Å². The molecule has 0 bridgehead atoms. The van der Waals surface area contributed by atoms with E-state index in [1.807, 2.05) is 19.9 Å². The number of hydrogen-bond donors (Lipinski definition) is 0. The molecule has 0 saturated carbocycles.